The third-order valence-electron chi connectivity index (χ3n) is 4.99. The Kier molecular flexibility index (Phi) is 5.88. The summed E-state index contributed by atoms with van der Waals surface area (Å²) in [6.07, 6.45) is 6.67. The van der Waals surface area contributed by atoms with Crippen LogP contribution >= 0.6 is 0 Å². The van der Waals surface area contributed by atoms with Gasteiger partial charge in [-0.05, 0) is 38.4 Å². The number of nitrogens with two attached hydrogens (primary N) is 1. The number of rotatable bonds is 3. The number of carbonyl (C=O) groups excluding carboxylic acids is 2. The predicted octanol–water partition coefficient (Wildman–Crippen LogP) is 0.893. The number of carbonyl (C=O) groups is 2. The monoisotopic (exact) mass is 357 g/mol. The highest BCUT2D eigenvalue weighted by Gasteiger charge is 2.30. The van der Waals surface area contributed by atoms with Crippen molar-refractivity contribution in [2.75, 3.05) is 39.0 Å². The molecule has 2 atom stereocenters. The highest BCUT2D eigenvalue weighted by molar-refractivity contribution is 5.92. The molecule has 1 fully saturated rings. The molecule has 0 spiro atoms. The second-order valence-corrected chi connectivity index (χ2v) is 7.16. The lowest BCUT2D eigenvalue weighted by Crippen LogP contribution is -2.43. The second kappa shape index (κ2) is 8.31. The smallest absolute Gasteiger partial charge is 0.270 e. The molecule has 0 aromatic carbocycles. The van der Waals surface area contributed by atoms with Crippen molar-refractivity contribution in [3.05, 3.63) is 36.0 Å². The zero-order chi connectivity index (χ0) is 18.5. The molecule has 140 valence electrons. The van der Waals surface area contributed by atoms with Crippen LogP contribution < -0.4 is 11.1 Å². The second-order valence-electron chi connectivity index (χ2n) is 7.16. The normalized spacial score (nSPS) is 24.1. The van der Waals surface area contributed by atoms with Gasteiger partial charge in [-0.15, -0.1) is 0 Å². The predicted molar refractivity (Wildman–Crippen MR) is 100 cm³/mol. The molecule has 3 rings (SSSR count). The third-order valence-corrected chi connectivity index (χ3v) is 4.99. The number of aromatic nitrogens is 1. The molecule has 7 nitrogen and oxygen atoms in total. The van der Waals surface area contributed by atoms with Crippen LogP contribution in [0.2, 0.25) is 0 Å². The van der Waals surface area contributed by atoms with E-state index in [0.29, 0.717) is 18.1 Å². The molecule has 0 bridgehead atoms. The molecule has 2 amide bonds. The van der Waals surface area contributed by atoms with E-state index in [1.165, 1.54) is 0 Å². The van der Waals surface area contributed by atoms with E-state index in [0.717, 1.165) is 38.9 Å². The van der Waals surface area contributed by atoms with Crippen molar-refractivity contribution >= 4 is 17.6 Å². The number of hydrogen-bond acceptors (Lipinski definition) is 5. The molecular formula is C19H27N5O2. The summed E-state index contributed by atoms with van der Waals surface area (Å²) < 4.78 is 0. The van der Waals surface area contributed by atoms with Crippen molar-refractivity contribution in [3.8, 4) is 0 Å². The molecule has 26 heavy (non-hydrogen) atoms. The number of likely N-dealkylation sites (N-methyl/N-ethyl adjacent to an activating group) is 1. The van der Waals surface area contributed by atoms with Crippen molar-refractivity contribution in [1.29, 1.82) is 0 Å². The van der Waals surface area contributed by atoms with Gasteiger partial charge < -0.3 is 20.9 Å². The lowest BCUT2D eigenvalue weighted by molar-refractivity contribution is -0.135. The molecule has 3 N–H and O–H groups in total. The van der Waals surface area contributed by atoms with E-state index < -0.39 is 0 Å². The molecule has 0 radical (unpaired) electrons. The number of nitrogen functional groups attached to an aromatic ring is 1. The van der Waals surface area contributed by atoms with Crippen molar-refractivity contribution in [1.82, 2.24) is 20.1 Å². The van der Waals surface area contributed by atoms with Gasteiger partial charge in [0, 0.05) is 32.2 Å². The number of amides is 2. The van der Waals surface area contributed by atoms with Crippen molar-refractivity contribution in [2.24, 2.45) is 5.92 Å². The molecule has 2 aliphatic heterocycles. The lowest BCUT2D eigenvalue weighted by atomic mass is 9.99. The van der Waals surface area contributed by atoms with E-state index in [9.17, 15) is 9.59 Å². The van der Waals surface area contributed by atoms with Gasteiger partial charge in [-0.2, -0.15) is 0 Å². The van der Waals surface area contributed by atoms with Gasteiger partial charge >= 0.3 is 0 Å². The van der Waals surface area contributed by atoms with Crippen molar-refractivity contribution < 1.29 is 9.59 Å². The zero-order valence-electron chi connectivity index (χ0n) is 15.2. The molecule has 0 aliphatic carbocycles. The van der Waals surface area contributed by atoms with Gasteiger partial charge in [0.2, 0.25) is 5.91 Å². The molecule has 1 saturated heterocycles. The summed E-state index contributed by atoms with van der Waals surface area (Å²) in [6, 6.07) is 5.03. The summed E-state index contributed by atoms with van der Waals surface area (Å²) in [7, 11) is 2.00. The van der Waals surface area contributed by atoms with Crippen LogP contribution in [0.25, 0.3) is 0 Å². The van der Waals surface area contributed by atoms with Crippen LogP contribution in [0.3, 0.4) is 0 Å². The van der Waals surface area contributed by atoms with Gasteiger partial charge in [-0.25, -0.2) is 4.98 Å². The molecule has 0 saturated carbocycles. The first-order valence-corrected chi connectivity index (χ1v) is 9.18. The van der Waals surface area contributed by atoms with Crippen LogP contribution in [0.4, 0.5) is 5.82 Å². The summed E-state index contributed by atoms with van der Waals surface area (Å²) >= 11 is 0. The Bertz CT molecular complexity index is 690. The highest BCUT2D eigenvalue weighted by Crippen LogP contribution is 2.20. The van der Waals surface area contributed by atoms with Crippen molar-refractivity contribution in [2.45, 2.75) is 25.3 Å². The Hall–Kier alpha value is -2.41. The summed E-state index contributed by atoms with van der Waals surface area (Å²) in [4.78, 5) is 33.4. The molecule has 7 heteroatoms. The van der Waals surface area contributed by atoms with E-state index >= 15 is 0 Å². The quantitative estimate of drug-likeness (QED) is 0.784. The fraction of sp³-hybridized carbons (Fsp3) is 0.526. The molecule has 1 aromatic rings. The number of likely N-dealkylation sites (tertiary alicyclic amines) is 1. The Balaban J connectivity index is 1.59. The average Bonchev–Trinajstić information content (AvgIpc) is 2.83. The number of hydrogen-bond donors (Lipinski definition) is 2. The van der Waals surface area contributed by atoms with E-state index in [1.54, 1.807) is 18.2 Å². The van der Waals surface area contributed by atoms with Gasteiger partial charge in [-0.1, -0.05) is 18.2 Å². The minimum atomic E-state index is -0.221. The first-order valence-electron chi connectivity index (χ1n) is 9.18. The lowest BCUT2D eigenvalue weighted by Gasteiger charge is -2.28. The summed E-state index contributed by atoms with van der Waals surface area (Å²) in [5, 5.41) is 3.04. The largest absolute Gasteiger partial charge is 0.384 e. The van der Waals surface area contributed by atoms with Gasteiger partial charge in [0.05, 0.1) is 5.92 Å². The van der Waals surface area contributed by atoms with Crippen LogP contribution in [0.15, 0.2) is 30.4 Å². The number of nitrogens with zero attached hydrogens (tertiary/aromatic N) is 3. The van der Waals surface area contributed by atoms with Crippen LogP contribution in [-0.4, -0.2) is 65.9 Å². The molecule has 1 aromatic heterocycles. The Labute approximate surface area is 154 Å². The van der Waals surface area contributed by atoms with Crippen molar-refractivity contribution in [3.63, 3.8) is 0 Å². The van der Waals surface area contributed by atoms with Gasteiger partial charge in [-0.3, -0.25) is 9.59 Å². The SMILES string of the molecule is CN1C[C@@H](NC(=O)c2cccc(N)n2)CC[C@@H](C(=O)N2CC=CCC2)C1. The third kappa shape index (κ3) is 4.60. The van der Waals surface area contributed by atoms with E-state index in [2.05, 4.69) is 27.4 Å². The van der Waals surface area contributed by atoms with Gasteiger partial charge in [0.15, 0.2) is 0 Å². The molecule has 3 heterocycles. The standard InChI is InChI=1S/C19H27N5O2/c1-23-12-14(19(26)24-10-3-2-4-11-24)8-9-15(13-23)21-18(25)16-6-5-7-17(20)22-16/h2-3,5-7,14-15H,4,8-13H2,1H3,(H2,20,22)(H,21,25)/t14-,15+/m1/s1. The minimum absolute atomic E-state index is 0.00483. The molecular weight excluding hydrogens is 330 g/mol. The van der Waals surface area contributed by atoms with Crippen LogP contribution in [0.1, 0.15) is 29.8 Å². The molecule has 2 aliphatic rings. The first kappa shape index (κ1) is 18.4. The maximum absolute atomic E-state index is 12.8. The van der Waals surface area contributed by atoms with E-state index in [1.807, 2.05) is 11.9 Å². The average molecular weight is 357 g/mol. The summed E-state index contributed by atoms with van der Waals surface area (Å²) in [5.74, 6) is 0.322. The van der Waals surface area contributed by atoms with Crippen LogP contribution in [0, 0.1) is 5.92 Å². The van der Waals surface area contributed by atoms with E-state index in [-0.39, 0.29) is 23.8 Å². The van der Waals surface area contributed by atoms with Crippen LogP contribution in [0.5, 0.6) is 0 Å². The fourth-order valence-corrected chi connectivity index (χ4v) is 3.67. The number of pyridine rings is 1. The Morgan fingerprint density at radius 2 is 2.08 bits per heavy atom. The first-order chi connectivity index (χ1) is 12.5. The topological polar surface area (TPSA) is 91.6 Å². The molecule has 0 unspecified atom stereocenters. The number of anilines is 1. The Morgan fingerprint density at radius 1 is 1.23 bits per heavy atom. The Morgan fingerprint density at radius 3 is 2.81 bits per heavy atom. The summed E-state index contributed by atoms with van der Waals surface area (Å²) in [6.45, 7) is 2.96. The number of nitrogens with one attached hydrogen (secondary N) is 1. The fourth-order valence-electron chi connectivity index (χ4n) is 3.67. The van der Waals surface area contributed by atoms with E-state index in [4.69, 9.17) is 5.73 Å². The maximum Gasteiger partial charge on any atom is 0.270 e. The maximum atomic E-state index is 12.8. The highest BCUT2D eigenvalue weighted by atomic mass is 16.2. The zero-order valence-corrected chi connectivity index (χ0v) is 15.2. The minimum Gasteiger partial charge on any atom is -0.384 e. The van der Waals surface area contributed by atoms with Gasteiger partial charge in [0.1, 0.15) is 11.5 Å². The van der Waals surface area contributed by atoms with Crippen LogP contribution in [-0.2, 0) is 4.79 Å². The van der Waals surface area contributed by atoms with Gasteiger partial charge in [0.25, 0.3) is 5.91 Å². The summed E-state index contributed by atoms with van der Waals surface area (Å²) in [5.41, 5.74) is 5.98.